The van der Waals surface area contributed by atoms with Crippen LogP contribution in [-0.2, 0) is 26.6 Å². The topological polar surface area (TPSA) is 80.4 Å². The molecule has 1 aromatic carbocycles. The molecule has 7 nitrogen and oxygen atoms in total. The molecule has 29 heavy (non-hydrogen) atoms. The number of hydrogen-bond acceptors (Lipinski definition) is 4. The molecule has 3 heterocycles. The predicted molar refractivity (Wildman–Crippen MR) is 110 cm³/mol. The second-order valence-electron chi connectivity index (χ2n) is 7.15. The first-order valence-electron chi connectivity index (χ1n) is 9.35. The van der Waals surface area contributed by atoms with Gasteiger partial charge in [-0.3, -0.25) is 14.3 Å². The summed E-state index contributed by atoms with van der Waals surface area (Å²) >= 11 is 3.22. The van der Waals surface area contributed by atoms with E-state index in [-0.39, 0.29) is 17.6 Å². The zero-order valence-electron chi connectivity index (χ0n) is 16.2. The van der Waals surface area contributed by atoms with E-state index in [1.807, 2.05) is 38.2 Å². The largest absolute Gasteiger partial charge is 0.444 e. The Balaban J connectivity index is 1.52. The quantitative estimate of drug-likeness (QED) is 0.653. The molecule has 0 bridgehead atoms. The Morgan fingerprint density at radius 2 is 2.10 bits per heavy atom. The van der Waals surface area contributed by atoms with Crippen molar-refractivity contribution in [2.75, 3.05) is 6.54 Å². The molecule has 0 saturated heterocycles. The molecule has 150 valence electrons. The van der Waals surface area contributed by atoms with Crippen LogP contribution in [0.3, 0.4) is 0 Å². The van der Waals surface area contributed by atoms with Crippen molar-refractivity contribution in [3.8, 4) is 0 Å². The molecule has 4 rings (SSSR count). The Morgan fingerprint density at radius 3 is 2.83 bits per heavy atom. The highest BCUT2D eigenvalue weighted by Crippen LogP contribution is 2.25. The smallest absolute Gasteiger partial charge is 0.289 e. The maximum atomic E-state index is 12.8. The van der Waals surface area contributed by atoms with Crippen LogP contribution in [0.5, 0.6) is 0 Å². The summed E-state index contributed by atoms with van der Waals surface area (Å²) in [4.78, 5) is 27.2. The number of amides is 2. The van der Waals surface area contributed by atoms with Gasteiger partial charge in [0, 0.05) is 37.8 Å². The van der Waals surface area contributed by atoms with Gasteiger partial charge >= 0.3 is 0 Å². The average Bonchev–Trinajstić information content (AvgIpc) is 3.29. The first-order chi connectivity index (χ1) is 13.9. The molecule has 0 radical (unpaired) electrons. The number of fused-ring (bicyclic) bond motifs is 1. The molecule has 8 heteroatoms. The first kappa shape index (κ1) is 19.4. The molecule has 2 amide bonds. The second kappa shape index (κ2) is 7.87. The summed E-state index contributed by atoms with van der Waals surface area (Å²) in [6.07, 6.45) is 0.637. The lowest BCUT2D eigenvalue weighted by Crippen LogP contribution is -2.37. The number of furan rings is 1. The molecule has 2 aromatic heterocycles. The highest BCUT2D eigenvalue weighted by Gasteiger charge is 2.30. The van der Waals surface area contributed by atoms with Gasteiger partial charge in [0.2, 0.25) is 0 Å². The third-order valence-electron chi connectivity index (χ3n) is 5.06. The number of nitrogens with zero attached hydrogens (tertiary/aromatic N) is 3. The number of halogens is 1. The van der Waals surface area contributed by atoms with E-state index in [9.17, 15) is 9.59 Å². The molecule has 0 spiro atoms. The third kappa shape index (κ3) is 3.98. The molecule has 0 unspecified atom stereocenters. The number of nitrogens with one attached hydrogen (secondary N) is 1. The van der Waals surface area contributed by atoms with Crippen LogP contribution in [0.4, 0.5) is 0 Å². The van der Waals surface area contributed by atoms with Gasteiger partial charge in [0.05, 0.1) is 6.54 Å². The lowest BCUT2D eigenvalue weighted by Gasteiger charge is -2.26. The van der Waals surface area contributed by atoms with Crippen LogP contribution in [0.1, 0.15) is 43.4 Å². The number of hydrogen-bond donors (Lipinski definition) is 1. The van der Waals surface area contributed by atoms with E-state index < -0.39 is 0 Å². The Kier molecular flexibility index (Phi) is 5.27. The van der Waals surface area contributed by atoms with E-state index in [0.29, 0.717) is 36.4 Å². The van der Waals surface area contributed by atoms with Crippen LogP contribution < -0.4 is 5.32 Å². The monoisotopic (exact) mass is 456 g/mol. The van der Waals surface area contributed by atoms with Crippen molar-refractivity contribution in [1.29, 1.82) is 0 Å². The van der Waals surface area contributed by atoms with Crippen LogP contribution in [0.2, 0.25) is 0 Å². The normalized spacial score (nSPS) is 13.3. The highest BCUT2D eigenvalue weighted by atomic mass is 79.9. The Hall–Kier alpha value is -2.87. The minimum absolute atomic E-state index is 0.198. The van der Waals surface area contributed by atoms with Crippen molar-refractivity contribution >= 4 is 27.7 Å². The van der Waals surface area contributed by atoms with Gasteiger partial charge < -0.3 is 14.6 Å². The average molecular weight is 457 g/mol. The zero-order chi connectivity index (χ0) is 20.5. The molecule has 1 aliphatic rings. The van der Waals surface area contributed by atoms with Crippen molar-refractivity contribution < 1.29 is 14.0 Å². The van der Waals surface area contributed by atoms with Gasteiger partial charge in [-0.05, 0) is 40.5 Å². The number of aryl methyl sites for hydroxylation is 2. The second-order valence-corrected chi connectivity index (χ2v) is 7.93. The summed E-state index contributed by atoms with van der Waals surface area (Å²) < 4.78 is 7.64. The predicted octanol–water partition coefficient (Wildman–Crippen LogP) is 3.21. The van der Waals surface area contributed by atoms with Crippen molar-refractivity contribution in [1.82, 2.24) is 20.0 Å². The molecular formula is C21H21BrN4O3. The maximum Gasteiger partial charge on any atom is 0.289 e. The molecule has 0 aliphatic carbocycles. The number of rotatable bonds is 4. The van der Waals surface area contributed by atoms with Gasteiger partial charge in [0.15, 0.2) is 16.1 Å². The minimum atomic E-state index is -0.238. The van der Waals surface area contributed by atoms with Crippen LogP contribution >= 0.6 is 15.9 Å². The summed E-state index contributed by atoms with van der Waals surface area (Å²) in [5.74, 6) is -0.163. The maximum absolute atomic E-state index is 12.8. The lowest BCUT2D eigenvalue weighted by atomic mass is 10.0. The molecule has 0 atom stereocenters. The van der Waals surface area contributed by atoms with Gasteiger partial charge in [-0.15, -0.1) is 0 Å². The fourth-order valence-corrected chi connectivity index (χ4v) is 3.93. The number of aromatic nitrogens is 2. The van der Waals surface area contributed by atoms with E-state index in [0.717, 1.165) is 22.4 Å². The highest BCUT2D eigenvalue weighted by molar-refractivity contribution is 9.10. The molecule has 0 saturated carbocycles. The Labute approximate surface area is 176 Å². The lowest BCUT2D eigenvalue weighted by molar-refractivity contribution is 0.0697. The molecule has 1 aliphatic heterocycles. The molecule has 0 fully saturated rings. The Bertz CT molecular complexity index is 1090. The minimum Gasteiger partial charge on any atom is -0.444 e. The summed E-state index contributed by atoms with van der Waals surface area (Å²) in [7, 11) is 1.83. The summed E-state index contributed by atoms with van der Waals surface area (Å²) in [5.41, 5.74) is 4.32. The fraction of sp³-hybridized carbons (Fsp3) is 0.286. The Morgan fingerprint density at radius 1 is 1.28 bits per heavy atom. The van der Waals surface area contributed by atoms with Crippen molar-refractivity contribution in [3.05, 3.63) is 74.9 Å². The standard InChI is InChI=1S/C21H21BrN4O3/c1-13-4-3-5-14(10-13)11-23-20(27)19-15-12-26(9-8-16(15)25(2)24-19)21(28)17-6-7-18(22)29-17/h3-7,10H,8-9,11-12H2,1-2H3,(H,23,27). The van der Waals surface area contributed by atoms with Crippen molar-refractivity contribution in [2.24, 2.45) is 7.05 Å². The first-order valence-corrected chi connectivity index (χ1v) is 10.1. The molecular weight excluding hydrogens is 436 g/mol. The number of benzene rings is 1. The van der Waals surface area contributed by atoms with E-state index in [2.05, 4.69) is 26.3 Å². The summed E-state index contributed by atoms with van der Waals surface area (Å²) in [5, 5.41) is 7.37. The van der Waals surface area contributed by atoms with Gasteiger partial charge in [0.1, 0.15) is 0 Å². The summed E-state index contributed by atoms with van der Waals surface area (Å²) in [6.45, 7) is 3.32. The van der Waals surface area contributed by atoms with Gasteiger partial charge in [-0.25, -0.2) is 0 Å². The van der Waals surface area contributed by atoms with E-state index in [4.69, 9.17) is 4.42 Å². The van der Waals surface area contributed by atoms with E-state index >= 15 is 0 Å². The van der Waals surface area contributed by atoms with Crippen LogP contribution in [-0.4, -0.2) is 33.0 Å². The number of carbonyl (C=O) groups excluding carboxylic acids is 2. The van der Waals surface area contributed by atoms with Crippen LogP contribution in [0.25, 0.3) is 0 Å². The van der Waals surface area contributed by atoms with Crippen LogP contribution in [0, 0.1) is 6.92 Å². The van der Waals surface area contributed by atoms with Crippen molar-refractivity contribution in [3.63, 3.8) is 0 Å². The van der Waals surface area contributed by atoms with Crippen LogP contribution in [0.15, 0.2) is 45.5 Å². The van der Waals surface area contributed by atoms with E-state index in [1.54, 1.807) is 21.7 Å². The van der Waals surface area contributed by atoms with Gasteiger partial charge in [-0.1, -0.05) is 29.8 Å². The fourth-order valence-electron chi connectivity index (χ4n) is 3.62. The zero-order valence-corrected chi connectivity index (χ0v) is 17.8. The van der Waals surface area contributed by atoms with E-state index in [1.165, 1.54) is 0 Å². The van der Waals surface area contributed by atoms with Gasteiger partial charge in [-0.2, -0.15) is 5.10 Å². The number of carbonyl (C=O) groups is 2. The summed E-state index contributed by atoms with van der Waals surface area (Å²) in [6, 6.07) is 11.3. The third-order valence-corrected chi connectivity index (χ3v) is 5.49. The van der Waals surface area contributed by atoms with Gasteiger partial charge in [0.25, 0.3) is 11.8 Å². The molecule has 3 aromatic rings. The molecule has 1 N–H and O–H groups in total. The van der Waals surface area contributed by atoms with Crippen molar-refractivity contribution in [2.45, 2.75) is 26.4 Å². The SMILES string of the molecule is Cc1cccc(CNC(=O)c2nn(C)c3c2CN(C(=O)c2ccc(Br)o2)CC3)c1.